The molecule has 20 heavy (non-hydrogen) atoms. The van der Waals surface area contributed by atoms with E-state index in [1.165, 1.54) is 6.42 Å². The number of morpholine rings is 1. The summed E-state index contributed by atoms with van der Waals surface area (Å²) in [5.41, 5.74) is 0. The van der Waals surface area contributed by atoms with Crippen LogP contribution in [0, 0.1) is 11.8 Å². The lowest BCUT2D eigenvalue weighted by Crippen LogP contribution is -2.52. The molecular formula is C15H30N4O. The van der Waals surface area contributed by atoms with Gasteiger partial charge in [0.25, 0.3) is 0 Å². The van der Waals surface area contributed by atoms with Crippen molar-refractivity contribution in [2.45, 2.75) is 26.4 Å². The number of rotatable bonds is 2. The van der Waals surface area contributed by atoms with Gasteiger partial charge in [-0.3, -0.25) is 4.99 Å². The first-order chi connectivity index (χ1) is 9.58. The molecule has 3 atom stereocenters. The fraction of sp³-hybridized carbons (Fsp3) is 0.933. The van der Waals surface area contributed by atoms with Crippen LogP contribution >= 0.6 is 0 Å². The molecule has 0 aliphatic carbocycles. The molecule has 5 nitrogen and oxygen atoms in total. The second-order valence-corrected chi connectivity index (χ2v) is 6.53. The van der Waals surface area contributed by atoms with Gasteiger partial charge in [0.1, 0.15) is 0 Å². The maximum Gasteiger partial charge on any atom is 0.193 e. The molecule has 0 spiro atoms. The van der Waals surface area contributed by atoms with Gasteiger partial charge in [-0.1, -0.05) is 13.8 Å². The Hall–Kier alpha value is -0.810. The third-order valence-corrected chi connectivity index (χ3v) is 4.21. The second-order valence-electron chi connectivity index (χ2n) is 6.53. The Morgan fingerprint density at radius 1 is 1.25 bits per heavy atom. The average Bonchev–Trinajstić information content (AvgIpc) is 2.38. The summed E-state index contributed by atoms with van der Waals surface area (Å²) < 4.78 is 5.80. The number of guanidine groups is 1. The Morgan fingerprint density at radius 3 is 2.55 bits per heavy atom. The molecule has 2 aliphatic heterocycles. The maximum absolute atomic E-state index is 5.80. The predicted octanol–water partition coefficient (Wildman–Crippen LogP) is 0.870. The van der Waals surface area contributed by atoms with Crippen LogP contribution in [-0.4, -0.2) is 75.3 Å². The minimum Gasteiger partial charge on any atom is -0.374 e. The van der Waals surface area contributed by atoms with Crippen LogP contribution in [0.1, 0.15) is 20.3 Å². The highest BCUT2D eigenvalue weighted by Crippen LogP contribution is 2.20. The van der Waals surface area contributed by atoms with Crippen LogP contribution in [0.2, 0.25) is 0 Å². The average molecular weight is 282 g/mol. The van der Waals surface area contributed by atoms with Gasteiger partial charge in [0, 0.05) is 39.8 Å². The third-order valence-electron chi connectivity index (χ3n) is 4.21. The smallest absolute Gasteiger partial charge is 0.193 e. The lowest BCUT2D eigenvalue weighted by Gasteiger charge is -2.38. The number of ether oxygens (including phenoxy) is 1. The highest BCUT2D eigenvalue weighted by atomic mass is 16.5. The molecule has 0 amide bonds. The van der Waals surface area contributed by atoms with Crippen LogP contribution in [0.15, 0.2) is 4.99 Å². The van der Waals surface area contributed by atoms with Crippen LogP contribution in [0.25, 0.3) is 0 Å². The monoisotopic (exact) mass is 282 g/mol. The van der Waals surface area contributed by atoms with E-state index in [1.807, 2.05) is 7.05 Å². The summed E-state index contributed by atoms with van der Waals surface area (Å²) in [6.45, 7) is 10.6. The van der Waals surface area contributed by atoms with Crippen molar-refractivity contribution in [2.24, 2.45) is 16.8 Å². The number of nitrogens with zero attached hydrogens (tertiary/aromatic N) is 3. The van der Waals surface area contributed by atoms with Crippen LogP contribution in [0.5, 0.6) is 0 Å². The molecular weight excluding hydrogens is 252 g/mol. The number of hydrogen-bond donors (Lipinski definition) is 1. The number of piperidine rings is 1. The minimum absolute atomic E-state index is 0.269. The fourth-order valence-corrected chi connectivity index (χ4v) is 3.36. The van der Waals surface area contributed by atoms with Crippen molar-refractivity contribution in [1.82, 2.24) is 15.1 Å². The summed E-state index contributed by atoms with van der Waals surface area (Å²) in [6.07, 6.45) is 1.59. The van der Waals surface area contributed by atoms with Crippen molar-refractivity contribution in [3.63, 3.8) is 0 Å². The molecule has 0 aromatic rings. The number of hydrogen-bond acceptors (Lipinski definition) is 3. The Bertz CT molecular complexity index is 324. The molecule has 0 aromatic carbocycles. The van der Waals surface area contributed by atoms with E-state index in [0.717, 1.165) is 57.1 Å². The zero-order chi connectivity index (χ0) is 14.5. The highest BCUT2D eigenvalue weighted by Gasteiger charge is 2.25. The number of likely N-dealkylation sites (N-methyl/N-ethyl adjacent to an activating group) is 1. The summed E-state index contributed by atoms with van der Waals surface area (Å²) in [4.78, 5) is 9.16. The fourth-order valence-electron chi connectivity index (χ4n) is 3.36. The summed E-state index contributed by atoms with van der Waals surface area (Å²) in [6, 6.07) is 0. The van der Waals surface area contributed by atoms with Gasteiger partial charge >= 0.3 is 0 Å². The largest absolute Gasteiger partial charge is 0.374 e. The quantitative estimate of drug-likeness (QED) is 0.603. The summed E-state index contributed by atoms with van der Waals surface area (Å²) in [5.74, 6) is 2.52. The zero-order valence-electron chi connectivity index (χ0n) is 13.4. The van der Waals surface area contributed by atoms with Gasteiger partial charge in [0.15, 0.2) is 5.96 Å². The second kappa shape index (κ2) is 7.27. The molecule has 1 N–H and O–H groups in total. The molecule has 2 fully saturated rings. The molecule has 3 unspecified atom stereocenters. The van der Waals surface area contributed by atoms with E-state index in [9.17, 15) is 0 Å². The zero-order valence-corrected chi connectivity index (χ0v) is 13.4. The Balaban J connectivity index is 1.83. The van der Waals surface area contributed by atoms with Gasteiger partial charge in [-0.25, -0.2) is 0 Å². The first-order valence-corrected chi connectivity index (χ1v) is 7.84. The molecule has 116 valence electrons. The molecule has 0 saturated carbocycles. The van der Waals surface area contributed by atoms with Crippen molar-refractivity contribution < 1.29 is 4.74 Å². The van der Waals surface area contributed by atoms with Crippen molar-refractivity contribution in [3.8, 4) is 0 Å². The van der Waals surface area contributed by atoms with Gasteiger partial charge in [-0.15, -0.1) is 0 Å². The number of likely N-dealkylation sites (tertiary alicyclic amines) is 1. The topological polar surface area (TPSA) is 40.1 Å². The molecule has 0 bridgehead atoms. The molecule has 2 saturated heterocycles. The first kappa shape index (κ1) is 15.6. The SMILES string of the molecule is CN=C(NCC1CN(C)CCO1)N1CC(C)CC(C)C1. The van der Waals surface area contributed by atoms with E-state index >= 15 is 0 Å². The van der Waals surface area contributed by atoms with Gasteiger partial charge in [0.05, 0.1) is 12.7 Å². The standard InChI is InChI=1S/C15H30N4O/c1-12-7-13(2)10-19(9-12)15(16-3)17-8-14-11-18(4)5-6-20-14/h12-14H,5-11H2,1-4H3,(H,16,17). The molecule has 0 aromatic heterocycles. The van der Waals surface area contributed by atoms with E-state index in [4.69, 9.17) is 4.74 Å². The first-order valence-electron chi connectivity index (χ1n) is 7.84. The third kappa shape index (κ3) is 4.35. The van der Waals surface area contributed by atoms with Gasteiger partial charge in [0.2, 0.25) is 0 Å². The molecule has 0 radical (unpaired) electrons. The minimum atomic E-state index is 0.269. The van der Waals surface area contributed by atoms with Crippen LogP contribution in [0.3, 0.4) is 0 Å². The predicted molar refractivity (Wildman–Crippen MR) is 83.1 cm³/mol. The van der Waals surface area contributed by atoms with Gasteiger partial charge < -0.3 is 19.9 Å². The van der Waals surface area contributed by atoms with E-state index < -0.39 is 0 Å². The van der Waals surface area contributed by atoms with Crippen molar-refractivity contribution in [3.05, 3.63) is 0 Å². The molecule has 2 aliphatic rings. The summed E-state index contributed by atoms with van der Waals surface area (Å²) in [7, 11) is 4.03. The molecule has 2 rings (SSSR count). The van der Waals surface area contributed by atoms with E-state index in [1.54, 1.807) is 0 Å². The molecule has 2 heterocycles. The number of nitrogens with one attached hydrogen (secondary N) is 1. The van der Waals surface area contributed by atoms with E-state index in [0.29, 0.717) is 0 Å². The summed E-state index contributed by atoms with van der Waals surface area (Å²) >= 11 is 0. The molecule has 5 heteroatoms. The Kier molecular flexibility index (Phi) is 5.66. The lowest BCUT2D eigenvalue weighted by molar-refractivity contribution is -0.0164. The lowest BCUT2D eigenvalue weighted by atomic mass is 9.92. The van der Waals surface area contributed by atoms with Crippen molar-refractivity contribution >= 4 is 5.96 Å². The van der Waals surface area contributed by atoms with Crippen molar-refractivity contribution in [1.29, 1.82) is 0 Å². The van der Waals surface area contributed by atoms with Crippen molar-refractivity contribution in [2.75, 3.05) is 53.4 Å². The van der Waals surface area contributed by atoms with E-state index in [-0.39, 0.29) is 6.10 Å². The highest BCUT2D eigenvalue weighted by molar-refractivity contribution is 5.80. The number of aliphatic imine (C=N–C) groups is 1. The Labute approximate surface area is 123 Å². The summed E-state index contributed by atoms with van der Waals surface area (Å²) in [5, 5.41) is 3.49. The van der Waals surface area contributed by atoms with Crippen LogP contribution < -0.4 is 5.32 Å². The van der Waals surface area contributed by atoms with E-state index in [2.05, 4.69) is 41.0 Å². The normalized spacial score (nSPS) is 33.3. The van der Waals surface area contributed by atoms with Crippen LogP contribution in [-0.2, 0) is 4.74 Å². The van der Waals surface area contributed by atoms with Gasteiger partial charge in [-0.2, -0.15) is 0 Å². The maximum atomic E-state index is 5.80. The van der Waals surface area contributed by atoms with Crippen LogP contribution in [0.4, 0.5) is 0 Å². The Morgan fingerprint density at radius 2 is 1.95 bits per heavy atom. The van der Waals surface area contributed by atoms with Gasteiger partial charge in [-0.05, 0) is 25.3 Å².